The quantitative estimate of drug-likeness (QED) is 0.316. The first-order chi connectivity index (χ1) is 15.9. The molecule has 0 saturated carbocycles. The van der Waals surface area contributed by atoms with Gasteiger partial charge < -0.3 is 15.0 Å². The molecule has 0 radical (unpaired) electrons. The standard InChI is InChI=1S/C21H19ClN6O5/c22-14-3-5-19(27-13-23-12-24-27)17(9-14)25-20(29)11-33-21(30)16-10-15(28(31)32)4-6-18(16)26-7-1-2-8-26/h3-6,9-10,12-13H,1-2,7-8,11H2,(H,25,29). The van der Waals surface area contributed by atoms with Gasteiger partial charge in [0.05, 0.1) is 27.5 Å². The monoisotopic (exact) mass is 470 g/mol. The van der Waals surface area contributed by atoms with Crippen molar-refractivity contribution in [3.05, 3.63) is 69.8 Å². The van der Waals surface area contributed by atoms with Gasteiger partial charge in [-0.15, -0.1) is 0 Å². The van der Waals surface area contributed by atoms with Gasteiger partial charge in [0.2, 0.25) is 0 Å². The molecule has 1 aromatic heterocycles. The van der Waals surface area contributed by atoms with Crippen molar-refractivity contribution in [1.29, 1.82) is 0 Å². The Morgan fingerprint density at radius 1 is 1.15 bits per heavy atom. The number of rotatable bonds is 7. The van der Waals surface area contributed by atoms with Crippen LogP contribution in [-0.2, 0) is 9.53 Å². The molecule has 1 fully saturated rings. The average Bonchev–Trinajstić information content (AvgIpc) is 3.51. The van der Waals surface area contributed by atoms with Gasteiger partial charge in [0.25, 0.3) is 11.6 Å². The van der Waals surface area contributed by atoms with Gasteiger partial charge in [-0.3, -0.25) is 14.9 Å². The van der Waals surface area contributed by atoms with Gasteiger partial charge in [0.15, 0.2) is 6.61 Å². The lowest BCUT2D eigenvalue weighted by Gasteiger charge is -2.20. The Hall–Kier alpha value is -3.99. The number of aromatic nitrogens is 3. The van der Waals surface area contributed by atoms with E-state index >= 15 is 0 Å². The van der Waals surface area contributed by atoms with Crippen molar-refractivity contribution >= 4 is 40.5 Å². The molecule has 0 aliphatic carbocycles. The summed E-state index contributed by atoms with van der Waals surface area (Å²) in [6.07, 6.45) is 4.73. The van der Waals surface area contributed by atoms with Crippen molar-refractivity contribution in [2.75, 3.05) is 29.9 Å². The number of benzene rings is 2. The smallest absolute Gasteiger partial charge is 0.341 e. The number of nitro benzene ring substituents is 1. The molecule has 2 heterocycles. The molecular weight excluding hydrogens is 452 g/mol. The van der Waals surface area contributed by atoms with Gasteiger partial charge in [-0.25, -0.2) is 14.5 Å². The zero-order chi connectivity index (χ0) is 23.4. The highest BCUT2D eigenvalue weighted by Crippen LogP contribution is 2.29. The van der Waals surface area contributed by atoms with Gasteiger partial charge >= 0.3 is 5.97 Å². The molecule has 0 unspecified atom stereocenters. The Labute approximate surface area is 193 Å². The second-order valence-corrected chi connectivity index (χ2v) is 7.71. The number of amides is 1. The van der Waals surface area contributed by atoms with Gasteiger partial charge in [-0.1, -0.05) is 11.6 Å². The van der Waals surface area contributed by atoms with E-state index in [1.54, 1.807) is 12.1 Å². The summed E-state index contributed by atoms with van der Waals surface area (Å²) < 4.78 is 6.64. The molecule has 0 spiro atoms. The Balaban J connectivity index is 1.48. The van der Waals surface area contributed by atoms with E-state index in [0.29, 0.717) is 22.1 Å². The van der Waals surface area contributed by atoms with E-state index in [-0.39, 0.29) is 11.3 Å². The topological polar surface area (TPSA) is 132 Å². The molecular formula is C21H19ClN6O5. The SMILES string of the molecule is O=C(COC(=O)c1cc([N+](=O)[O-])ccc1N1CCCC1)Nc1cc(Cl)ccc1-n1cncn1. The fourth-order valence-electron chi connectivity index (χ4n) is 3.57. The molecule has 33 heavy (non-hydrogen) atoms. The number of halogens is 1. The first-order valence-corrected chi connectivity index (χ1v) is 10.4. The van der Waals surface area contributed by atoms with Crippen molar-refractivity contribution in [3.63, 3.8) is 0 Å². The molecule has 4 rings (SSSR count). The van der Waals surface area contributed by atoms with E-state index in [4.69, 9.17) is 16.3 Å². The predicted molar refractivity (Wildman–Crippen MR) is 120 cm³/mol. The number of nitrogens with one attached hydrogen (secondary N) is 1. The fourth-order valence-corrected chi connectivity index (χ4v) is 3.74. The normalized spacial score (nSPS) is 13.1. The average molecular weight is 471 g/mol. The number of anilines is 2. The summed E-state index contributed by atoms with van der Waals surface area (Å²) in [7, 11) is 0. The molecule has 0 atom stereocenters. The third-order valence-corrected chi connectivity index (χ3v) is 5.33. The largest absolute Gasteiger partial charge is 0.452 e. The van der Waals surface area contributed by atoms with Crippen LogP contribution in [0, 0.1) is 10.1 Å². The Morgan fingerprint density at radius 3 is 2.61 bits per heavy atom. The minimum absolute atomic E-state index is 0.0463. The van der Waals surface area contributed by atoms with Crippen LogP contribution in [0.5, 0.6) is 0 Å². The Kier molecular flexibility index (Phi) is 6.50. The second-order valence-electron chi connectivity index (χ2n) is 7.28. The molecule has 11 nitrogen and oxygen atoms in total. The molecule has 1 saturated heterocycles. The second kappa shape index (κ2) is 9.65. The summed E-state index contributed by atoms with van der Waals surface area (Å²) in [5, 5.41) is 18.2. The third-order valence-electron chi connectivity index (χ3n) is 5.09. The number of carbonyl (C=O) groups is 2. The highest BCUT2D eigenvalue weighted by molar-refractivity contribution is 6.31. The number of carbonyl (C=O) groups excluding carboxylic acids is 2. The number of non-ortho nitro benzene ring substituents is 1. The number of hydrogen-bond acceptors (Lipinski definition) is 8. The Bertz CT molecular complexity index is 1190. The number of hydrogen-bond donors (Lipinski definition) is 1. The van der Waals surface area contributed by atoms with Crippen molar-refractivity contribution < 1.29 is 19.2 Å². The maximum Gasteiger partial charge on any atom is 0.341 e. The van der Waals surface area contributed by atoms with Crippen LogP contribution in [-0.4, -0.2) is 51.3 Å². The number of ether oxygens (including phenoxy) is 1. The van der Waals surface area contributed by atoms with E-state index in [2.05, 4.69) is 15.4 Å². The lowest BCUT2D eigenvalue weighted by Crippen LogP contribution is -2.24. The molecule has 12 heteroatoms. The summed E-state index contributed by atoms with van der Waals surface area (Å²) in [6.45, 7) is 0.876. The highest BCUT2D eigenvalue weighted by atomic mass is 35.5. The maximum atomic E-state index is 12.8. The molecule has 2 aromatic carbocycles. The zero-order valence-electron chi connectivity index (χ0n) is 17.3. The van der Waals surface area contributed by atoms with Crippen molar-refractivity contribution in [1.82, 2.24) is 14.8 Å². The zero-order valence-corrected chi connectivity index (χ0v) is 18.1. The van der Waals surface area contributed by atoms with E-state index in [0.717, 1.165) is 25.9 Å². The minimum atomic E-state index is -0.821. The summed E-state index contributed by atoms with van der Waals surface area (Å²) >= 11 is 6.05. The number of esters is 1. The van der Waals surface area contributed by atoms with Crippen LogP contribution in [0.25, 0.3) is 5.69 Å². The minimum Gasteiger partial charge on any atom is -0.452 e. The molecule has 3 aromatic rings. The van der Waals surface area contributed by atoms with Gasteiger partial charge in [-0.2, -0.15) is 5.10 Å². The molecule has 1 aliphatic heterocycles. The number of nitrogens with zero attached hydrogens (tertiary/aromatic N) is 5. The maximum absolute atomic E-state index is 12.8. The van der Waals surface area contributed by atoms with Crippen LogP contribution < -0.4 is 10.2 Å². The van der Waals surface area contributed by atoms with Crippen LogP contribution in [0.4, 0.5) is 17.1 Å². The molecule has 0 bridgehead atoms. The molecule has 1 amide bonds. The van der Waals surface area contributed by atoms with Gasteiger partial charge in [0.1, 0.15) is 12.7 Å². The lowest BCUT2D eigenvalue weighted by atomic mass is 10.1. The lowest BCUT2D eigenvalue weighted by molar-refractivity contribution is -0.384. The molecule has 170 valence electrons. The van der Waals surface area contributed by atoms with E-state index in [1.807, 2.05) is 4.90 Å². The van der Waals surface area contributed by atoms with Gasteiger partial charge in [-0.05, 0) is 37.1 Å². The van der Waals surface area contributed by atoms with Crippen LogP contribution in [0.2, 0.25) is 5.02 Å². The molecule has 1 N–H and O–H groups in total. The van der Waals surface area contributed by atoms with Gasteiger partial charge in [0, 0.05) is 30.2 Å². The summed E-state index contributed by atoms with van der Waals surface area (Å²) in [6, 6.07) is 8.89. The van der Waals surface area contributed by atoms with Crippen LogP contribution in [0.15, 0.2) is 49.1 Å². The van der Waals surface area contributed by atoms with E-state index in [9.17, 15) is 19.7 Å². The van der Waals surface area contributed by atoms with E-state index in [1.165, 1.54) is 41.6 Å². The first kappa shape index (κ1) is 22.2. The van der Waals surface area contributed by atoms with Crippen molar-refractivity contribution in [2.45, 2.75) is 12.8 Å². The van der Waals surface area contributed by atoms with Crippen LogP contribution in [0.3, 0.4) is 0 Å². The van der Waals surface area contributed by atoms with Crippen LogP contribution >= 0.6 is 11.6 Å². The summed E-state index contributed by atoms with van der Waals surface area (Å²) in [4.78, 5) is 41.7. The van der Waals surface area contributed by atoms with Crippen molar-refractivity contribution in [2.24, 2.45) is 0 Å². The fraction of sp³-hybridized carbons (Fsp3) is 0.238. The predicted octanol–water partition coefficient (Wildman–Crippen LogP) is 3.22. The number of nitro groups is 1. The van der Waals surface area contributed by atoms with Crippen LogP contribution in [0.1, 0.15) is 23.2 Å². The van der Waals surface area contributed by atoms with E-state index < -0.39 is 23.4 Å². The van der Waals surface area contributed by atoms with Crippen molar-refractivity contribution in [3.8, 4) is 5.69 Å². The summed E-state index contributed by atoms with van der Waals surface area (Å²) in [5.41, 5.74) is 1.23. The Morgan fingerprint density at radius 2 is 1.91 bits per heavy atom. The summed E-state index contributed by atoms with van der Waals surface area (Å²) in [5.74, 6) is -1.43. The third kappa shape index (κ3) is 5.09. The highest BCUT2D eigenvalue weighted by Gasteiger charge is 2.24. The first-order valence-electron chi connectivity index (χ1n) is 10.1. The molecule has 1 aliphatic rings.